The van der Waals surface area contributed by atoms with Crippen LogP contribution in [0.25, 0.3) is 0 Å². The number of rotatable bonds is 5. The summed E-state index contributed by atoms with van der Waals surface area (Å²) in [6.07, 6.45) is 6.98. The van der Waals surface area contributed by atoms with Gasteiger partial charge in [-0.3, -0.25) is 4.68 Å². The lowest BCUT2D eigenvalue weighted by Crippen LogP contribution is -1.98. The Morgan fingerprint density at radius 1 is 1.44 bits per heavy atom. The van der Waals surface area contributed by atoms with Crippen molar-refractivity contribution in [2.75, 3.05) is 5.32 Å². The van der Waals surface area contributed by atoms with Gasteiger partial charge < -0.3 is 5.32 Å². The number of aromatic nitrogens is 3. The van der Waals surface area contributed by atoms with Gasteiger partial charge in [0.15, 0.2) is 5.13 Å². The first kappa shape index (κ1) is 11.1. The van der Waals surface area contributed by atoms with Crippen molar-refractivity contribution in [3.63, 3.8) is 0 Å². The van der Waals surface area contributed by atoms with Crippen LogP contribution in [0.2, 0.25) is 0 Å². The van der Waals surface area contributed by atoms with Gasteiger partial charge in [0.1, 0.15) is 0 Å². The molecule has 86 valence electrons. The second-order valence-corrected chi connectivity index (χ2v) is 4.98. The highest BCUT2D eigenvalue weighted by atomic mass is 32.1. The molecule has 2 rings (SSSR count). The number of hydrogen-bond donors (Lipinski definition) is 1. The lowest BCUT2D eigenvalue weighted by atomic mass is 10.4. The standard InChI is InChI=1S/C11H16N4S/c1-3-4-15-8-10(7-14-15)6-13-11-12-5-9(2)16-11/h5,7-8H,3-4,6H2,1-2H3,(H,12,13). The van der Waals surface area contributed by atoms with Crippen molar-refractivity contribution in [2.45, 2.75) is 33.4 Å². The first-order valence-corrected chi connectivity index (χ1v) is 6.27. The second-order valence-electron chi connectivity index (χ2n) is 3.74. The van der Waals surface area contributed by atoms with E-state index in [9.17, 15) is 0 Å². The van der Waals surface area contributed by atoms with E-state index in [1.54, 1.807) is 11.3 Å². The minimum Gasteiger partial charge on any atom is -0.357 e. The normalized spacial score (nSPS) is 10.6. The number of nitrogens with zero attached hydrogens (tertiary/aromatic N) is 3. The van der Waals surface area contributed by atoms with Crippen molar-refractivity contribution in [1.82, 2.24) is 14.8 Å². The van der Waals surface area contributed by atoms with E-state index in [4.69, 9.17) is 0 Å². The lowest BCUT2D eigenvalue weighted by molar-refractivity contribution is 0.602. The van der Waals surface area contributed by atoms with Gasteiger partial charge in [0.2, 0.25) is 0 Å². The van der Waals surface area contributed by atoms with Crippen LogP contribution in [-0.4, -0.2) is 14.8 Å². The quantitative estimate of drug-likeness (QED) is 0.868. The van der Waals surface area contributed by atoms with Crippen LogP contribution in [0.3, 0.4) is 0 Å². The molecule has 0 saturated carbocycles. The van der Waals surface area contributed by atoms with Gasteiger partial charge in [-0.2, -0.15) is 5.10 Å². The van der Waals surface area contributed by atoms with E-state index in [-0.39, 0.29) is 0 Å². The van der Waals surface area contributed by atoms with Crippen LogP contribution in [-0.2, 0) is 13.1 Å². The maximum absolute atomic E-state index is 4.28. The monoisotopic (exact) mass is 236 g/mol. The fraction of sp³-hybridized carbons (Fsp3) is 0.455. The van der Waals surface area contributed by atoms with Gasteiger partial charge in [-0.15, -0.1) is 11.3 Å². The fourth-order valence-corrected chi connectivity index (χ4v) is 2.12. The summed E-state index contributed by atoms with van der Waals surface area (Å²) in [5.41, 5.74) is 1.20. The van der Waals surface area contributed by atoms with Gasteiger partial charge in [0.05, 0.1) is 6.20 Å². The third-order valence-corrected chi connectivity index (χ3v) is 3.07. The van der Waals surface area contributed by atoms with E-state index in [0.717, 1.165) is 24.6 Å². The van der Waals surface area contributed by atoms with Gasteiger partial charge in [0, 0.05) is 35.9 Å². The minimum atomic E-state index is 0.788. The number of nitrogens with one attached hydrogen (secondary N) is 1. The van der Waals surface area contributed by atoms with Gasteiger partial charge in [-0.05, 0) is 13.3 Å². The van der Waals surface area contributed by atoms with Crippen molar-refractivity contribution in [2.24, 2.45) is 0 Å². The third kappa shape index (κ3) is 2.82. The average Bonchev–Trinajstić information content (AvgIpc) is 2.85. The topological polar surface area (TPSA) is 42.7 Å². The molecule has 0 atom stereocenters. The third-order valence-electron chi connectivity index (χ3n) is 2.20. The Bertz CT molecular complexity index is 446. The van der Waals surface area contributed by atoms with Crippen LogP contribution < -0.4 is 5.32 Å². The molecule has 4 nitrogen and oxygen atoms in total. The fourth-order valence-electron chi connectivity index (χ4n) is 1.46. The summed E-state index contributed by atoms with van der Waals surface area (Å²) in [7, 11) is 0. The number of anilines is 1. The van der Waals surface area contributed by atoms with Crippen molar-refractivity contribution < 1.29 is 0 Å². The molecular weight excluding hydrogens is 220 g/mol. The predicted molar refractivity (Wildman–Crippen MR) is 66.7 cm³/mol. The highest BCUT2D eigenvalue weighted by molar-refractivity contribution is 7.15. The second kappa shape index (κ2) is 5.12. The molecular formula is C11H16N4S. The summed E-state index contributed by atoms with van der Waals surface area (Å²) in [4.78, 5) is 5.48. The smallest absolute Gasteiger partial charge is 0.183 e. The van der Waals surface area contributed by atoms with Gasteiger partial charge >= 0.3 is 0 Å². The Balaban J connectivity index is 1.89. The van der Waals surface area contributed by atoms with Gasteiger partial charge in [-0.1, -0.05) is 6.92 Å². The first-order chi connectivity index (χ1) is 7.78. The Kier molecular flexibility index (Phi) is 3.56. The zero-order valence-electron chi connectivity index (χ0n) is 9.60. The van der Waals surface area contributed by atoms with Crippen molar-refractivity contribution >= 4 is 16.5 Å². The van der Waals surface area contributed by atoms with Crippen LogP contribution in [0, 0.1) is 6.92 Å². The van der Waals surface area contributed by atoms with E-state index in [2.05, 4.69) is 35.4 Å². The molecule has 2 aromatic rings. The molecule has 16 heavy (non-hydrogen) atoms. The summed E-state index contributed by atoms with van der Waals surface area (Å²) >= 11 is 1.67. The Morgan fingerprint density at radius 3 is 3.00 bits per heavy atom. The van der Waals surface area contributed by atoms with Crippen molar-refractivity contribution in [1.29, 1.82) is 0 Å². The Morgan fingerprint density at radius 2 is 2.31 bits per heavy atom. The molecule has 0 aliphatic heterocycles. The molecule has 0 unspecified atom stereocenters. The predicted octanol–water partition coefficient (Wildman–Crippen LogP) is 2.67. The zero-order valence-corrected chi connectivity index (χ0v) is 10.4. The Hall–Kier alpha value is -1.36. The SMILES string of the molecule is CCCn1cc(CNc2ncc(C)s2)cn1. The molecule has 5 heteroatoms. The maximum Gasteiger partial charge on any atom is 0.183 e. The van der Waals surface area contributed by atoms with E-state index < -0.39 is 0 Å². The first-order valence-electron chi connectivity index (χ1n) is 5.45. The van der Waals surface area contributed by atoms with E-state index in [1.807, 2.05) is 17.1 Å². The number of thiazole rings is 1. The summed E-state index contributed by atoms with van der Waals surface area (Å²) in [6.45, 7) is 5.98. The molecule has 0 saturated heterocycles. The number of hydrogen-bond acceptors (Lipinski definition) is 4. The largest absolute Gasteiger partial charge is 0.357 e. The molecule has 1 N–H and O–H groups in total. The van der Waals surface area contributed by atoms with Crippen molar-refractivity contribution in [3.05, 3.63) is 29.0 Å². The molecule has 0 fully saturated rings. The molecule has 0 amide bonds. The molecule has 0 aliphatic rings. The van der Waals surface area contributed by atoms with Crippen molar-refractivity contribution in [3.8, 4) is 0 Å². The molecule has 0 aliphatic carbocycles. The van der Waals surface area contributed by atoms with E-state index in [1.165, 1.54) is 10.4 Å². The number of aryl methyl sites for hydroxylation is 2. The Labute approximate surface area is 99.3 Å². The average molecular weight is 236 g/mol. The molecule has 0 radical (unpaired) electrons. The highest BCUT2D eigenvalue weighted by Crippen LogP contribution is 2.17. The molecule has 2 aromatic heterocycles. The van der Waals surface area contributed by atoms with Crippen LogP contribution in [0.4, 0.5) is 5.13 Å². The molecule has 0 aromatic carbocycles. The summed E-state index contributed by atoms with van der Waals surface area (Å²) in [5.74, 6) is 0. The minimum absolute atomic E-state index is 0.788. The van der Waals surface area contributed by atoms with Crippen LogP contribution in [0.1, 0.15) is 23.8 Å². The lowest BCUT2D eigenvalue weighted by Gasteiger charge is -1.99. The highest BCUT2D eigenvalue weighted by Gasteiger charge is 2.00. The summed E-state index contributed by atoms with van der Waals surface area (Å²) < 4.78 is 1.98. The van der Waals surface area contributed by atoms with E-state index >= 15 is 0 Å². The van der Waals surface area contributed by atoms with Gasteiger partial charge in [-0.25, -0.2) is 4.98 Å². The van der Waals surface area contributed by atoms with Crippen LogP contribution in [0.15, 0.2) is 18.6 Å². The summed E-state index contributed by atoms with van der Waals surface area (Å²) in [5, 5.41) is 8.55. The van der Waals surface area contributed by atoms with Gasteiger partial charge in [0.25, 0.3) is 0 Å². The van der Waals surface area contributed by atoms with E-state index in [0.29, 0.717) is 0 Å². The molecule has 0 spiro atoms. The van der Waals surface area contributed by atoms with Crippen LogP contribution >= 0.6 is 11.3 Å². The van der Waals surface area contributed by atoms with Crippen LogP contribution in [0.5, 0.6) is 0 Å². The zero-order chi connectivity index (χ0) is 11.4. The molecule has 0 bridgehead atoms. The summed E-state index contributed by atoms with van der Waals surface area (Å²) in [6, 6.07) is 0. The maximum atomic E-state index is 4.28. The molecule has 2 heterocycles.